The van der Waals surface area contributed by atoms with Gasteiger partial charge in [0.15, 0.2) is 12.1 Å². The van der Waals surface area contributed by atoms with Crippen LogP contribution in [0.1, 0.15) is 251 Å². The molecule has 0 saturated heterocycles. The quantitative estimate of drug-likeness (QED) is 0.0281. The number of aliphatic carboxylic acids is 1. The largest absolute Gasteiger partial charge is 0.477 e. The minimum absolute atomic E-state index is 0.0553. The van der Waals surface area contributed by atoms with E-state index in [9.17, 15) is 19.5 Å². The Labute approximate surface area is 419 Å². The standard InChI is InChI=1S/C60H107NO7/c1-6-8-10-12-14-16-18-20-22-24-26-28-30-32-34-36-38-40-42-44-46-48-50-58(62)67-55-56(54-66-53-52-57(60(64)65)61(3,4)5)68-59(63)51-49-47-45-43-41-39-37-35-33-31-29-27-25-23-21-19-17-15-13-11-9-7-2/h9,11,15,17,21,23,27,29,33,35,56-57H,6-8,10,12-14,16,18-20,22,24-26,28,30-32,34,36-55H2,1-5H3/p+1/b11-9+,17-15+,23-21+,29-27+,35-33+. The molecule has 394 valence electrons. The number of hydrogen-bond donors (Lipinski definition) is 1. The van der Waals surface area contributed by atoms with E-state index in [2.05, 4.69) is 74.6 Å². The molecule has 68 heavy (non-hydrogen) atoms. The molecule has 0 aliphatic rings. The van der Waals surface area contributed by atoms with E-state index in [1.54, 1.807) is 0 Å². The van der Waals surface area contributed by atoms with Crippen molar-refractivity contribution in [3.05, 3.63) is 60.8 Å². The first kappa shape index (κ1) is 65.0. The number of rotatable bonds is 51. The number of carbonyl (C=O) groups is 3. The number of likely N-dealkylation sites (N-methyl/N-ethyl adjacent to an activating group) is 1. The van der Waals surface area contributed by atoms with E-state index in [4.69, 9.17) is 14.2 Å². The Balaban J connectivity index is 4.20. The molecule has 0 bridgehead atoms. The van der Waals surface area contributed by atoms with E-state index < -0.39 is 18.1 Å². The van der Waals surface area contributed by atoms with Gasteiger partial charge in [-0.25, -0.2) is 4.79 Å². The lowest BCUT2D eigenvalue weighted by molar-refractivity contribution is -0.887. The Morgan fingerprint density at radius 3 is 1.22 bits per heavy atom. The van der Waals surface area contributed by atoms with Crippen LogP contribution in [-0.4, -0.2) is 80.6 Å². The molecule has 0 aliphatic carbocycles. The Kier molecular flexibility index (Phi) is 48.2. The van der Waals surface area contributed by atoms with Gasteiger partial charge < -0.3 is 23.8 Å². The smallest absolute Gasteiger partial charge is 0.362 e. The maximum absolute atomic E-state index is 12.8. The summed E-state index contributed by atoms with van der Waals surface area (Å²) < 4.78 is 17.4. The van der Waals surface area contributed by atoms with Crippen molar-refractivity contribution in [2.75, 3.05) is 41.0 Å². The molecule has 2 unspecified atom stereocenters. The summed E-state index contributed by atoms with van der Waals surface area (Å²) in [4.78, 5) is 37.3. The predicted octanol–water partition coefficient (Wildman–Crippen LogP) is 16.9. The zero-order valence-electron chi connectivity index (χ0n) is 45.1. The highest BCUT2D eigenvalue weighted by atomic mass is 16.6. The highest BCUT2D eigenvalue weighted by molar-refractivity contribution is 5.72. The van der Waals surface area contributed by atoms with Crippen LogP contribution in [0.5, 0.6) is 0 Å². The van der Waals surface area contributed by atoms with Gasteiger partial charge in [-0.3, -0.25) is 9.59 Å². The van der Waals surface area contributed by atoms with Crippen LogP contribution in [0.15, 0.2) is 60.8 Å². The van der Waals surface area contributed by atoms with Crippen LogP contribution >= 0.6 is 0 Å². The molecule has 8 heteroatoms. The van der Waals surface area contributed by atoms with Crippen LogP contribution in [0.4, 0.5) is 0 Å². The van der Waals surface area contributed by atoms with Crippen LogP contribution < -0.4 is 0 Å². The highest BCUT2D eigenvalue weighted by Crippen LogP contribution is 2.17. The van der Waals surface area contributed by atoms with Gasteiger partial charge in [0.2, 0.25) is 0 Å². The molecule has 0 aromatic rings. The van der Waals surface area contributed by atoms with Gasteiger partial charge in [0.05, 0.1) is 34.4 Å². The zero-order valence-corrected chi connectivity index (χ0v) is 45.1. The Morgan fingerprint density at radius 2 is 0.824 bits per heavy atom. The number of carboxylic acids is 1. The molecule has 8 nitrogen and oxygen atoms in total. The van der Waals surface area contributed by atoms with E-state index >= 15 is 0 Å². The number of allylic oxidation sites excluding steroid dienone is 10. The zero-order chi connectivity index (χ0) is 49.9. The topological polar surface area (TPSA) is 99.1 Å². The lowest BCUT2D eigenvalue weighted by Crippen LogP contribution is -2.50. The van der Waals surface area contributed by atoms with Crippen LogP contribution in [-0.2, 0) is 28.6 Å². The third-order valence-corrected chi connectivity index (χ3v) is 12.7. The van der Waals surface area contributed by atoms with Gasteiger partial charge in [-0.2, -0.15) is 0 Å². The molecular weight excluding hydrogens is 847 g/mol. The average molecular weight is 956 g/mol. The van der Waals surface area contributed by atoms with Gasteiger partial charge in [0, 0.05) is 19.3 Å². The van der Waals surface area contributed by atoms with Crippen molar-refractivity contribution in [1.29, 1.82) is 0 Å². The van der Waals surface area contributed by atoms with Crippen LogP contribution in [0.25, 0.3) is 0 Å². The molecule has 0 fully saturated rings. The average Bonchev–Trinajstić information content (AvgIpc) is 3.30. The highest BCUT2D eigenvalue weighted by Gasteiger charge is 2.31. The maximum atomic E-state index is 12.8. The van der Waals surface area contributed by atoms with E-state index in [1.807, 2.05) is 21.1 Å². The van der Waals surface area contributed by atoms with Crippen molar-refractivity contribution in [2.45, 2.75) is 264 Å². The number of hydrogen-bond acceptors (Lipinski definition) is 6. The summed E-state index contributed by atoms with van der Waals surface area (Å²) in [7, 11) is 5.54. The molecule has 0 aliphatic heterocycles. The van der Waals surface area contributed by atoms with Crippen molar-refractivity contribution >= 4 is 17.9 Å². The molecule has 2 atom stereocenters. The summed E-state index contributed by atoms with van der Waals surface area (Å²) in [5.41, 5.74) is 0. The monoisotopic (exact) mass is 955 g/mol. The number of ether oxygens (including phenoxy) is 3. The molecule has 0 amide bonds. The summed E-state index contributed by atoms with van der Waals surface area (Å²) in [6.07, 6.45) is 64.2. The molecule has 1 N–H and O–H groups in total. The second-order valence-electron chi connectivity index (χ2n) is 20.2. The van der Waals surface area contributed by atoms with Crippen molar-refractivity contribution in [1.82, 2.24) is 0 Å². The third kappa shape index (κ3) is 48.1. The Hall–Kier alpha value is -2.97. The minimum atomic E-state index is -0.876. The first-order valence-corrected chi connectivity index (χ1v) is 28.3. The molecule has 0 spiro atoms. The fourth-order valence-electron chi connectivity index (χ4n) is 8.36. The van der Waals surface area contributed by atoms with Crippen molar-refractivity contribution in [3.8, 4) is 0 Å². The van der Waals surface area contributed by atoms with Crippen LogP contribution in [0.2, 0.25) is 0 Å². The lowest BCUT2D eigenvalue weighted by atomic mass is 10.0. The molecule has 0 radical (unpaired) electrons. The fourth-order valence-corrected chi connectivity index (χ4v) is 8.36. The van der Waals surface area contributed by atoms with Crippen LogP contribution in [0.3, 0.4) is 0 Å². The van der Waals surface area contributed by atoms with E-state index in [-0.39, 0.29) is 36.2 Å². The summed E-state index contributed by atoms with van der Waals surface area (Å²) >= 11 is 0. The summed E-state index contributed by atoms with van der Waals surface area (Å²) in [6, 6.07) is -0.620. The third-order valence-electron chi connectivity index (χ3n) is 12.7. The molecule has 0 aromatic carbocycles. The van der Waals surface area contributed by atoms with Gasteiger partial charge in [-0.1, -0.05) is 235 Å². The van der Waals surface area contributed by atoms with Crippen molar-refractivity contribution < 1.29 is 38.2 Å². The van der Waals surface area contributed by atoms with Crippen molar-refractivity contribution in [3.63, 3.8) is 0 Å². The predicted molar refractivity (Wildman–Crippen MR) is 289 cm³/mol. The maximum Gasteiger partial charge on any atom is 0.362 e. The molecular formula is C60H108NO7+. The molecule has 0 rings (SSSR count). The van der Waals surface area contributed by atoms with Gasteiger partial charge >= 0.3 is 17.9 Å². The summed E-state index contributed by atoms with van der Waals surface area (Å²) in [6.45, 7) is 4.64. The van der Waals surface area contributed by atoms with Crippen LogP contribution in [0, 0.1) is 0 Å². The van der Waals surface area contributed by atoms with Crippen molar-refractivity contribution in [2.24, 2.45) is 0 Å². The number of carboxylic acid groups (broad SMARTS) is 1. The van der Waals surface area contributed by atoms with E-state index in [0.29, 0.717) is 19.3 Å². The number of unbranched alkanes of at least 4 members (excludes halogenated alkanes) is 27. The molecule has 0 heterocycles. The second-order valence-corrected chi connectivity index (χ2v) is 20.2. The minimum Gasteiger partial charge on any atom is -0.477 e. The SMILES string of the molecule is CC/C=C/C/C=C/C/C=C/C/C=C/C/C=C/CCCCCCCCC(=O)OC(COCCC(C(=O)O)[N+](C)(C)C)COC(=O)CCCCCCCCCCCCCCCCCCCCCCCC. The fraction of sp³-hybridized carbons (Fsp3) is 0.783. The number of nitrogens with zero attached hydrogens (tertiary/aromatic N) is 1. The summed E-state index contributed by atoms with van der Waals surface area (Å²) in [5, 5.41) is 9.68. The second kappa shape index (κ2) is 50.4. The first-order chi connectivity index (χ1) is 33.1. The van der Waals surface area contributed by atoms with Gasteiger partial charge in [-0.15, -0.1) is 0 Å². The normalized spacial score (nSPS) is 13.2. The molecule has 0 saturated carbocycles. The lowest BCUT2D eigenvalue weighted by Gasteiger charge is -2.31. The number of carbonyl (C=O) groups excluding carboxylic acids is 2. The van der Waals surface area contributed by atoms with E-state index in [0.717, 1.165) is 83.5 Å². The Bertz CT molecular complexity index is 1290. The summed E-state index contributed by atoms with van der Waals surface area (Å²) in [5.74, 6) is -1.47. The van der Waals surface area contributed by atoms with Gasteiger partial charge in [0.1, 0.15) is 6.61 Å². The molecule has 0 aromatic heterocycles. The first-order valence-electron chi connectivity index (χ1n) is 28.3. The Morgan fingerprint density at radius 1 is 0.456 bits per heavy atom. The van der Waals surface area contributed by atoms with Gasteiger partial charge in [-0.05, 0) is 57.8 Å². The number of quaternary nitrogens is 1. The van der Waals surface area contributed by atoms with Gasteiger partial charge in [0.25, 0.3) is 0 Å². The van der Waals surface area contributed by atoms with E-state index in [1.165, 1.54) is 135 Å². The number of esters is 2.